The molecule has 2 atom stereocenters. The molecular formula is C12H22N2O. The predicted molar refractivity (Wildman–Crippen MR) is 60.2 cm³/mol. The fourth-order valence-corrected chi connectivity index (χ4v) is 2.85. The first-order valence-electron chi connectivity index (χ1n) is 6.07. The van der Waals surface area contributed by atoms with Gasteiger partial charge in [-0.05, 0) is 38.5 Å². The van der Waals surface area contributed by atoms with Crippen molar-refractivity contribution >= 4 is 5.91 Å². The van der Waals surface area contributed by atoms with Crippen molar-refractivity contribution in [1.29, 1.82) is 0 Å². The zero-order valence-electron chi connectivity index (χ0n) is 9.75. The third-order valence-electron chi connectivity index (χ3n) is 3.93. The molecule has 2 rings (SSSR count). The normalized spacial score (nSPS) is 34.5. The second kappa shape index (κ2) is 3.78. The van der Waals surface area contributed by atoms with Crippen molar-refractivity contribution < 1.29 is 4.79 Å². The molecule has 2 aliphatic carbocycles. The summed E-state index contributed by atoms with van der Waals surface area (Å²) >= 11 is 0. The molecule has 0 heterocycles. The van der Waals surface area contributed by atoms with Crippen LogP contribution < -0.4 is 11.1 Å². The molecule has 0 aromatic carbocycles. The van der Waals surface area contributed by atoms with Gasteiger partial charge in [0.1, 0.15) is 0 Å². The van der Waals surface area contributed by atoms with Crippen LogP contribution in [0.15, 0.2) is 0 Å². The summed E-state index contributed by atoms with van der Waals surface area (Å²) in [5, 5.41) is 3.06. The number of carbonyl (C=O) groups is 1. The molecule has 3 nitrogen and oxygen atoms in total. The van der Waals surface area contributed by atoms with Gasteiger partial charge in [0.15, 0.2) is 0 Å². The van der Waals surface area contributed by atoms with Crippen LogP contribution in [0.1, 0.15) is 39.5 Å². The second-order valence-electron chi connectivity index (χ2n) is 5.72. The van der Waals surface area contributed by atoms with Gasteiger partial charge in [-0.2, -0.15) is 0 Å². The van der Waals surface area contributed by atoms with Crippen molar-refractivity contribution in [1.82, 2.24) is 5.32 Å². The molecule has 0 radical (unpaired) electrons. The third-order valence-corrected chi connectivity index (χ3v) is 3.93. The molecular weight excluding hydrogens is 188 g/mol. The Hall–Kier alpha value is -0.570. The first kappa shape index (κ1) is 10.9. The van der Waals surface area contributed by atoms with Gasteiger partial charge in [-0.1, -0.05) is 12.8 Å². The molecule has 0 saturated heterocycles. The molecule has 0 aromatic heterocycles. The second-order valence-corrected chi connectivity index (χ2v) is 5.72. The van der Waals surface area contributed by atoms with Crippen molar-refractivity contribution in [2.24, 2.45) is 23.5 Å². The Morgan fingerprint density at radius 3 is 2.33 bits per heavy atom. The van der Waals surface area contributed by atoms with E-state index >= 15 is 0 Å². The van der Waals surface area contributed by atoms with Crippen LogP contribution in [0, 0.1) is 17.8 Å². The van der Waals surface area contributed by atoms with Crippen molar-refractivity contribution in [3.63, 3.8) is 0 Å². The van der Waals surface area contributed by atoms with E-state index in [1.54, 1.807) is 0 Å². The van der Waals surface area contributed by atoms with Gasteiger partial charge in [0.25, 0.3) is 0 Å². The summed E-state index contributed by atoms with van der Waals surface area (Å²) in [5.74, 6) is 1.92. The van der Waals surface area contributed by atoms with E-state index in [0.717, 1.165) is 0 Å². The fraction of sp³-hybridized carbons (Fsp3) is 0.917. The summed E-state index contributed by atoms with van der Waals surface area (Å²) in [4.78, 5) is 12.0. The smallest absolute Gasteiger partial charge is 0.224 e. The van der Waals surface area contributed by atoms with Crippen LogP contribution in [0.25, 0.3) is 0 Å². The number of rotatable bonds is 3. The average molecular weight is 210 g/mol. The van der Waals surface area contributed by atoms with Gasteiger partial charge in [0.2, 0.25) is 5.91 Å². The maximum atomic E-state index is 12.0. The molecule has 3 N–H and O–H groups in total. The highest BCUT2D eigenvalue weighted by Gasteiger charge is 2.55. The molecule has 0 aliphatic heterocycles. The Balaban J connectivity index is 1.88. The highest BCUT2D eigenvalue weighted by atomic mass is 16.2. The first-order valence-corrected chi connectivity index (χ1v) is 6.07. The van der Waals surface area contributed by atoms with E-state index in [2.05, 4.69) is 5.32 Å². The minimum absolute atomic E-state index is 0.238. The Morgan fingerprint density at radius 2 is 1.87 bits per heavy atom. The molecule has 2 saturated carbocycles. The lowest BCUT2D eigenvalue weighted by molar-refractivity contribution is -0.124. The molecule has 15 heavy (non-hydrogen) atoms. The van der Waals surface area contributed by atoms with Crippen LogP contribution in [0.3, 0.4) is 0 Å². The number of nitrogens with one attached hydrogen (secondary N) is 1. The predicted octanol–water partition coefficient (Wildman–Crippen LogP) is 1.28. The Morgan fingerprint density at radius 1 is 1.33 bits per heavy atom. The lowest BCUT2D eigenvalue weighted by Crippen LogP contribution is -2.49. The van der Waals surface area contributed by atoms with E-state index in [0.29, 0.717) is 24.3 Å². The molecule has 0 spiro atoms. The van der Waals surface area contributed by atoms with Crippen LogP contribution >= 0.6 is 0 Å². The third kappa shape index (κ3) is 2.17. The van der Waals surface area contributed by atoms with Crippen molar-refractivity contribution in [2.75, 3.05) is 6.54 Å². The quantitative estimate of drug-likeness (QED) is 0.737. The maximum Gasteiger partial charge on any atom is 0.224 e. The summed E-state index contributed by atoms with van der Waals surface area (Å²) in [6.45, 7) is 4.47. The number of hydrogen-bond acceptors (Lipinski definition) is 2. The number of carbonyl (C=O) groups excluding carboxylic acids is 1. The maximum absolute atomic E-state index is 12.0. The van der Waals surface area contributed by atoms with E-state index in [-0.39, 0.29) is 11.4 Å². The number of fused-ring (bicyclic) bond motifs is 1. The van der Waals surface area contributed by atoms with Crippen molar-refractivity contribution in [3.05, 3.63) is 0 Å². The topological polar surface area (TPSA) is 55.1 Å². The van der Waals surface area contributed by atoms with Crippen LogP contribution in [0.4, 0.5) is 0 Å². The SMILES string of the molecule is CC(C)(CN)NC(=O)C1C2CCCCC21. The Bertz CT molecular complexity index is 250. The molecule has 2 aliphatic rings. The highest BCUT2D eigenvalue weighted by molar-refractivity contribution is 5.83. The highest BCUT2D eigenvalue weighted by Crippen LogP contribution is 2.55. The summed E-state index contributed by atoms with van der Waals surface area (Å²) in [7, 11) is 0. The van der Waals surface area contributed by atoms with E-state index in [1.165, 1.54) is 25.7 Å². The summed E-state index contributed by atoms with van der Waals surface area (Å²) < 4.78 is 0. The molecule has 1 amide bonds. The van der Waals surface area contributed by atoms with E-state index in [1.807, 2.05) is 13.8 Å². The number of nitrogens with two attached hydrogens (primary N) is 1. The summed E-state index contributed by atoms with van der Waals surface area (Å²) in [6, 6.07) is 0. The van der Waals surface area contributed by atoms with Crippen molar-refractivity contribution in [3.8, 4) is 0 Å². The van der Waals surface area contributed by atoms with E-state index in [9.17, 15) is 4.79 Å². The van der Waals surface area contributed by atoms with Gasteiger partial charge >= 0.3 is 0 Å². The monoisotopic (exact) mass is 210 g/mol. The summed E-state index contributed by atoms with van der Waals surface area (Å²) in [6.07, 6.45) is 5.13. The van der Waals surface area contributed by atoms with Crippen LogP contribution in [-0.2, 0) is 4.79 Å². The van der Waals surface area contributed by atoms with Crippen LogP contribution in [-0.4, -0.2) is 18.0 Å². The summed E-state index contributed by atoms with van der Waals surface area (Å²) in [5.41, 5.74) is 5.36. The van der Waals surface area contributed by atoms with Gasteiger partial charge in [-0.3, -0.25) is 4.79 Å². The molecule has 2 unspecified atom stereocenters. The zero-order chi connectivity index (χ0) is 11.1. The first-order chi connectivity index (χ1) is 7.05. The van der Waals surface area contributed by atoms with Gasteiger partial charge in [0, 0.05) is 18.0 Å². The average Bonchev–Trinajstić information content (AvgIpc) is 2.91. The standard InChI is InChI=1S/C12H22N2O/c1-12(2,7-13)14-11(15)10-8-5-3-4-6-9(8)10/h8-10H,3-7,13H2,1-2H3,(H,14,15). The molecule has 2 fully saturated rings. The molecule has 86 valence electrons. The Kier molecular flexibility index (Phi) is 2.75. The van der Waals surface area contributed by atoms with Gasteiger partial charge < -0.3 is 11.1 Å². The number of amides is 1. The van der Waals surface area contributed by atoms with E-state index in [4.69, 9.17) is 5.73 Å². The zero-order valence-corrected chi connectivity index (χ0v) is 9.75. The lowest BCUT2D eigenvalue weighted by Gasteiger charge is -2.24. The minimum atomic E-state index is -0.247. The van der Waals surface area contributed by atoms with E-state index < -0.39 is 0 Å². The molecule has 0 aromatic rings. The lowest BCUT2D eigenvalue weighted by atomic mass is 10.0. The van der Waals surface area contributed by atoms with Crippen LogP contribution in [0.5, 0.6) is 0 Å². The fourth-order valence-electron chi connectivity index (χ4n) is 2.85. The minimum Gasteiger partial charge on any atom is -0.350 e. The van der Waals surface area contributed by atoms with Crippen LogP contribution in [0.2, 0.25) is 0 Å². The number of hydrogen-bond donors (Lipinski definition) is 2. The largest absolute Gasteiger partial charge is 0.350 e. The van der Waals surface area contributed by atoms with Gasteiger partial charge in [0.05, 0.1) is 0 Å². The Labute approximate surface area is 91.8 Å². The van der Waals surface area contributed by atoms with Gasteiger partial charge in [-0.25, -0.2) is 0 Å². The van der Waals surface area contributed by atoms with Gasteiger partial charge in [-0.15, -0.1) is 0 Å². The molecule has 3 heteroatoms. The molecule has 0 bridgehead atoms. The van der Waals surface area contributed by atoms with Crippen molar-refractivity contribution in [2.45, 2.75) is 45.1 Å².